The minimum atomic E-state index is 0.841. The fourth-order valence-electron chi connectivity index (χ4n) is 0.864. The first-order valence-electron chi connectivity index (χ1n) is 3.18. The Hall–Kier alpha value is -0.0600. The van der Waals surface area contributed by atoms with Gasteiger partial charge in [0.05, 0.1) is 0 Å². The van der Waals surface area contributed by atoms with Crippen molar-refractivity contribution in [3.63, 3.8) is 0 Å². The molecule has 0 bridgehead atoms. The highest BCUT2D eigenvalue weighted by Crippen LogP contribution is 2.13. The van der Waals surface area contributed by atoms with Crippen LogP contribution in [0, 0.1) is 6.92 Å². The number of hydrogen-bond donors (Lipinski definition) is 0. The molecule has 0 aliphatic heterocycles. The van der Waals surface area contributed by atoms with Gasteiger partial charge in [0.1, 0.15) is 0 Å². The summed E-state index contributed by atoms with van der Waals surface area (Å²) in [6.45, 7) is 4.28. The quantitative estimate of drug-likeness (QED) is 0.572. The van der Waals surface area contributed by atoms with Crippen LogP contribution in [0.5, 0.6) is 0 Å². The second-order valence-electron chi connectivity index (χ2n) is 2.21. The predicted octanol–water partition coefficient (Wildman–Crippen LogP) is 2.58. The molecule has 54 valence electrons. The van der Waals surface area contributed by atoms with Crippen molar-refractivity contribution in [2.24, 2.45) is 0 Å². The van der Waals surface area contributed by atoms with Crippen molar-refractivity contribution >= 4 is 25.5 Å². The van der Waals surface area contributed by atoms with Gasteiger partial charge in [-0.2, -0.15) is 0 Å². The molecular weight excluding hydrogens is 163 g/mol. The van der Waals surface area contributed by atoms with Gasteiger partial charge in [-0.05, 0) is 36.6 Å². The molecule has 0 saturated carbocycles. The van der Waals surface area contributed by atoms with E-state index in [1.165, 1.54) is 10.9 Å². The second-order valence-corrected chi connectivity index (χ2v) is 3.68. The van der Waals surface area contributed by atoms with Crippen molar-refractivity contribution in [2.75, 3.05) is 6.66 Å². The van der Waals surface area contributed by atoms with E-state index in [0.29, 0.717) is 0 Å². The van der Waals surface area contributed by atoms with Crippen LogP contribution < -0.4 is 5.30 Å². The number of halogens is 1. The van der Waals surface area contributed by atoms with E-state index in [2.05, 4.69) is 19.7 Å². The number of benzene rings is 1. The third kappa shape index (κ3) is 1.71. The van der Waals surface area contributed by atoms with Crippen molar-refractivity contribution in [1.29, 1.82) is 0 Å². The smallest absolute Gasteiger partial charge is 0.0412 e. The molecule has 0 aliphatic rings. The summed E-state index contributed by atoms with van der Waals surface area (Å²) in [4.78, 5) is 0. The van der Waals surface area contributed by atoms with Gasteiger partial charge in [0, 0.05) is 5.02 Å². The maximum absolute atomic E-state index is 5.80. The molecule has 0 nitrogen and oxygen atoms in total. The largest absolute Gasteiger partial charge is 0.0932 e. The summed E-state index contributed by atoms with van der Waals surface area (Å²) in [7, 11) is 0.841. The molecule has 0 aromatic heterocycles. The van der Waals surface area contributed by atoms with E-state index < -0.39 is 0 Å². The molecule has 10 heavy (non-hydrogen) atoms. The van der Waals surface area contributed by atoms with E-state index in [9.17, 15) is 0 Å². The molecule has 0 amide bonds. The summed E-state index contributed by atoms with van der Waals surface area (Å²) in [5.74, 6) is 0. The summed E-state index contributed by atoms with van der Waals surface area (Å²) in [5.41, 5.74) is 1.34. The molecule has 0 radical (unpaired) electrons. The van der Waals surface area contributed by atoms with Crippen molar-refractivity contribution in [3.05, 3.63) is 28.8 Å². The Kier molecular flexibility index (Phi) is 2.71. The van der Waals surface area contributed by atoms with E-state index in [0.717, 1.165) is 13.6 Å². The summed E-state index contributed by atoms with van der Waals surface area (Å²) < 4.78 is 0. The molecule has 1 atom stereocenters. The molecular formula is C8H10ClP. The van der Waals surface area contributed by atoms with Crippen LogP contribution in [-0.4, -0.2) is 6.66 Å². The highest BCUT2D eigenvalue weighted by atomic mass is 35.5. The first kappa shape index (κ1) is 8.04. The van der Waals surface area contributed by atoms with Crippen LogP contribution in [0.25, 0.3) is 0 Å². The molecule has 1 aromatic carbocycles. The number of aryl methyl sites for hydroxylation is 1. The highest BCUT2D eigenvalue weighted by molar-refractivity contribution is 7.46. The van der Waals surface area contributed by atoms with Crippen LogP contribution in [-0.2, 0) is 0 Å². The SMILES string of the molecule is CPc1cc(Cl)ccc1C. The van der Waals surface area contributed by atoms with Crippen LogP contribution in [0.1, 0.15) is 5.56 Å². The highest BCUT2D eigenvalue weighted by Gasteiger charge is 1.94. The Morgan fingerprint density at radius 3 is 2.60 bits per heavy atom. The van der Waals surface area contributed by atoms with Crippen LogP contribution in [0.15, 0.2) is 18.2 Å². The Morgan fingerprint density at radius 2 is 2.10 bits per heavy atom. The van der Waals surface area contributed by atoms with Gasteiger partial charge >= 0.3 is 0 Å². The van der Waals surface area contributed by atoms with Crippen molar-refractivity contribution in [1.82, 2.24) is 0 Å². The number of hydrogen-bond acceptors (Lipinski definition) is 0. The molecule has 0 fully saturated rings. The maximum atomic E-state index is 5.80. The van der Waals surface area contributed by atoms with E-state index >= 15 is 0 Å². The first-order valence-corrected chi connectivity index (χ1v) is 5.05. The lowest BCUT2D eigenvalue weighted by Crippen LogP contribution is -1.97. The van der Waals surface area contributed by atoms with E-state index in [-0.39, 0.29) is 0 Å². The van der Waals surface area contributed by atoms with Crippen LogP contribution in [0.2, 0.25) is 5.02 Å². The van der Waals surface area contributed by atoms with Gasteiger partial charge in [-0.25, -0.2) is 0 Å². The van der Waals surface area contributed by atoms with Gasteiger partial charge in [0.25, 0.3) is 0 Å². The summed E-state index contributed by atoms with van der Waals surface area (Å²) in [5, 5.41) is 2.21. The molecule has 0 N–H and O–H groups in total. The number of rotatable bonds is 1. The Labute approximate surface area is 68.4 Å². The minimum Gasteiger partial charge on any atom is -0.0932 e. The molecule has 2 heteroatoms. The summed E-state index contributed by atoms with van der Waals surface area (Å²) in [6, 6.07) is 6.03. The Bertz CT molecular complexity index is 233. The molecule has 1 aromatic rings. The van der Waals surface area contributed by atoms with Crippen molar-refractivity contribution < 1.29 is 0 Å². The molecule has 0 spiro atoms. The van der Waals surface area contributed by atoms with Gasteiger partial charge in [-0.15, -0.1) is 0 Å². The van der Waals surface area contributed by atoms with Gasteiger partial charge in [0.2, 0.25) is 0 Å². The third-order valence-electron chi connectivity index (χ3n) is 1.47. The van der Waals surface area contributed by atoms with E-state index in [1.807, 2.05) is 12.1 Å². The van der Waals surface area contributed by atoms with Gasteiger partial charge in [-0.3, -0.25) is 0 Å². The average molecular weight is 173 g/mol. The zero-order valence-corrected chi connectivity index (χ0v) is 7.87. The maximum Gasteiger partial charge on any atom is 0.0412 e. The monoisotopic (exact) mass is 172 g/mol. The minimum absolute atomic E-state index is 0.841. The molecule has 0 heterocycles. The van der Waals surface area contributed by atoms with E-state index in [4.69, 9.17) is 11.6 Å². The summed E-state index contributed by atoms with van der Waals surface area (Å²) >= 11 is 5.80. The molecule has 1 rings (SSSR count). The lowest BCUT2D eigenvalue weighted by Gasteiger charge is -2.01. The van der Waals surface area contributed by atoms with Crippen molar-refractivity contribution in [3.8, 4) is 0 Å². The zero-order chi connectivity index (χ0) is 7.56. The van der Waals surface area contributed by atoms with Gasteiger partial charge in [0.15, 0.2) is 0 Å². The topological polar surface area (TPSA) is 0 Å². The van der Waals surface area contributed by atoms with Crippen molar-refractivity contribution in [2.45, 2.75) is 6.92 Å². The van der Waals surface area contributed by atoms with Crippen LogP contribution in [0.3, 0.4) is 0 Å². The Balaban J connectivity index is 3.09. The zero-order valence-electron chi connectivity index (χ0n) is 6.11. The Morgan fingerprint density at radius 1 is 1.40 bits per heavy atom. The lowest BCUT2D eigenvalue weighted by atomic mass is 10.2. The third-order valence-corrected chi connectivity index (χ3v) is 2.78. The predicted molar refractivity (Wildman–Crippen MR) is 50.1 cm³/mol. The standard InChI is InChI=1S/C8H10ClP/c1-6-3-4-7(9)5-8(6)10-2/h3-5,10H,1-2H3. The second kappa shape index (κ2) is 3.37. The van der Waals surface area contributed by atoms with Crippen LogP contribution in [0.4, 0.5) is 0 Å². The van der Waals surface area contributed by atoms with Crippen LogP contribution >= 0.6 is 20.2 Å². The lowest BCUT2D eigenvalue weighted by molar-refractivity contribution is 1.52. The normalized spacial score (nSPS) is 11.1. The van der Waals surface area contributed by atoms with Gasteiger partial charge < -0.3 is 0 Å². The average Bonchev–Trinajstić information content (AvgIpc) is 1.94. The van der Waals surface area contributed by atoms with E-state index in [1.54, 1.807) is 0 Å². The fourth-order valence-corrected chi connectivity index (χ4v) is 1.90. The first-order chi connectivity index (χ1) is 4.74. The molecule has 0 aliphatic carbocycles. The molecule has 1 unspecified atom stereocenters. The fraction of sp³-hybridized carbons (Fsp3) is 0.250. The summed E-state index contributed by atoms with van der Waals surface area (Å²) in [6.07, 6.45) is 0. The van der Waals surface area contributed by atoms with Gasteiger partial charge in [-0.1, -0.05) is 26.2 Å². The molecule has 0 saturated heterocycles.